The van der Waals surface area contributed by atoms with Crippen LogP contribution >= 0.6 is 0 Å². The highest BCUT2D eigenvalue weighted by Gasteiger charge is 2.21. The molecule has 0 radical (unpaired) electrons. The number of anilines is 1. The Labute approximate surface area is 139 Å². The largest absolute Gasteiger partial charge is 0.338 e. The Bertz CT molecular complexity index is 790. The molecule has 124 valence electrons. The van der Waals surface area contributed by atoms with Crippen LogP contribution in [0, 0.1) is 6.92 Å². The molecule has 0 atom stereocenters. The van der Waals surface area contributed by atoms with Crippen molar-refractivity contribution in [2.45, 2.75) is 13.5 Å². The molecule has 8 heteroatoms. The maximum Gasteiger partial charge on any atom is 0.244 e. The van der Waals surface area contributed by atoms with E-state index in [1.54, 1.807) is 0 Å². The summed E-state index contributed by atoms with van der Waals surface area (Å²) in [6.07, 6.45) is 0. The standard InChI is InChI=1S/C16H19N7O/c1-12-17-16(20-19-12)23-9-7-22(8-10-23)11-14-18-15(21-24-14)13-5-3-2-4-6-13/h2-6H,7-11H2,1H3,(H,17,19,20). The molecule has 0 spiro atoms. The summed E-state index contributed by atoms with van der Waals surface area (Å²) in [5, 5.41) is 11.2. The lowest BCUT2D eigenvalue weighted by Gasteiger charge is -2.33. The molecule has 1 fully saturated rings. The van der Waals surface area contributed by atoms with Crippen molar-refractivity contribution in [3.8, 4) is 11.4 Å². The third-order valence-electron chi connectivity index (χ3n) is 4.10. The molecular weight excluding hydrogens is 306 g/mol. The molecule has 0 unspecified atom stereocenters. The fourth-order valence-electron chi connectivity index (χ4n) is 2.79. The monoisotopic (exact) mass is 325 g/mol. The lowest BCUT2D eigenvalue weighted by molar-refractivity contribution is 0.214. The molecule has 24 heavy (non-hydrogen) atoms. The summed E-state index contributed by atoms with van der Waals surface area (Å²) in [5.74, 6) is 2.90. The van der Waals surface area contributed by atoms with E-state index >= 15 is 0 Å². The van der Waals surface area contributed by atoms with Crippen molar-refractivity contribution in [2.24, 2.45) is 0 Å². The third kappa shape index (κ3) is 3.13. The number of aromatic nitrogens is 5. The quantitative estimate of drug-likeness (QED) is 0.777. The molecular formula is C16H19N7O. The van der Waals surface area contributed by atoms with Gasteiger partial charge in [-0.2, -0.15) is 9.97 Å². The first kappa shape index (κ1) is 14.8. The van der Waals surface area contributed by atoms with Gasteiger partial charge in [-0.05, 0) is 6.92 Å². The van der Waals surface area contributed by atoms with Crippen molar-refractivity contribution >= 4 is 5.95 Å². The Morgan fingerprint density at radius 2 is 1.88 bits per heavy atom. The smallest absolute Gasteiger partial charge is 0.244 e. The summed E-state index contributed by atoms with van der Waals surface area (Å²) in [5.41, 5.74) is 0.970. The zero-order valence-electron chi connectivity index (χ0n) is 13.5. The third-order valence-corrected chi connectivity index (χ3v) is 4.10. The second-order valence-electron chi connectivity index (χ2n) is 5.86. The van der Waals surface area contributed by atoms with Crippen LogP contribution in [0.3, 0.4) is 0 Å². The molecule has 3 heterocycles. The van der Waals surface area contributed by atoms with Crippen molar-refractivity contribution in [3.63, 3.8) is 0 Å². The van der Waals surface area contributed by atoms with Crippen molar-refractivity contribution in [3.05, 3.63) is 42.0 Å². The highest BCUT2D eigenvalue weighted by Crippen LogP contribution is 2.17. The second-order valence-corrected chi connectivity index (χ2v) is 5.86. The first-order valence-corrected chi connectivity index (χ1v) is 8.02. The molecule has 1 saturated heterocycles. The fraction of sp³-hybridized carbons (Fsp3) is 0.375. The van der Waals surface area contributed by atoms with Crippen LogP contribution in [0.1, 0.15) is 11.7 Å². The molecule has 1 aromatic carbocycles. The van der Waals surface area contributed by atoms with Crippen LogP contribution in [-0.4, -0.2) is 56.4 Å². The molecule has 1 aliphatic rings. The van der Waals surface area contributed by atoms with E-state index in [0.29, 0.717) is 18.3 Å². The van der Waals surface area contributed by atoms with Crippen LogP contribution in [0.25, 0.3) is 11.4 Å². The normalized spacial score (nSPS) is 15.8. The zero-order chi connectivity index (χ0) is 16.4. The van der Waals surface area contributed by atoms with Crippen LogP contribution in [-0.2, 0) is 6.54 Å². The molecule has 0 amide bonds. The van der Waals surface area contributed by atoms with E-state index in [1.165, 1.54) is 0 Å². The predicted octanol–water partition coefficient (Wildman–Crippen LogP) is 1.49. The van der Waals surface area contributed by atoms with Crippen molar-refractivity contribution < 1.29 is 4.52 Å². The van der Waals surface area contributed by atoms with Crippen LogP contribution in [0.15, 0.2) is 34.9 Å². The van der Waals surface area contributed by atoms with Gasteiger partial charge in [-0.1, -0.05) is 35.5 Å². The Hall–Kier alpha value is -2.74. The average molecular weight is 325 g/mol. The van der Waals surface area contributed by atoms with Gasteiger partial charge < -0.3 is 9.42 Å². The van der Waals surface area contributed by atoms with Gasteiger partial charge in [0.15, 0.2) is 0 Å². The summed E-state index contributed by atoms with van der Waals surface area (Å²) in [4.78, 5) is 13.4. The van der Waals surface area contributed by atoms with E-state index in [4.69, 9.17) is 4.52 Å². The van der Waals surface area contributed by atoms with Crippen LogP contribution in [0.4, 0.5) is 5.95 Å². The molecule has 1 aliphatic heterocycles. The Kier molecular flexibility index (Phi) is 3.96. The minimum absolute atomic E-state index is 0.639. The SMILES string of the molecule is Cc1nc(N2CCN(Cc3nc(-c4ccccc4)no3)CC2)n[nH]1. The number of nitrogens with one attached hydrogen (secondary N) is 1. The Morgan fingerprint density at radius 1 is 1.08 bits per heavy atom. The number of rotatable bonds is 4. The van der Waals surface area contributed by atoms with Gasteiger partial charge >= 0.3 is 0 Å². The number of benzene rings is 1. The van der Waals surface area contributed by atoms with Crippen molar-refractivity contribution in [1.29, 1.82) is 0 Å². The summed E-state index contributed by atoms with van der Waals surface area (Å²) < 4.78 is 5.39. The average Bonchev–Trinajstić information content (AvgIpc) is 3.26. The minimum Gasteiger partial charge on any atom is -0.338 e. The summed E-state index contributed by atoms with van der Waals surface area (Å²) >= 11 is 0. The Morgan fingerprint density at radius 3 is 2.58 bits per heavy atom. The lowest BCUT2D eigenvalue weighted by Crippen LogP contribution is -2.46. The van der Waals surface area contributed by atoms with Gasteiger partial charge in [0, 0.05) is 31.7 Å². The number of hydrogen-bond donors (Lipinski definition) is 1. The molecule has 8 nitrogen and oxygen atoms in total. The molecule has 0 saturated carbocycles. The minimum atomic E-state index is 0.639. The summed E-state index contributed by atoms with van der Waals surface area (Å²) in [7, 11) is 0. The first-order chi connectivity index (χ1) is 11.8. The van der Waals surface area contributed by atoms with E-state index in [-0.39, 0.29) is 0 Å². The van der Waals surface area contributed by atoms with Crippen LogP contribution in [0.5, 0.6) is 0 Å². The van der Waals surface area contributed by atoms with E-state index in [0.717, 1.165) is 43.5 Å². The van der Waals surface area contributed by atoms with Gasteiger partial charge in [-0.25, -0.2) is 0 Å². The fourth-order valence-corrected chi connectivity index (χ4v) is 2.79. The van der Waals surface area contributed by atoms with Gasteiger partial charge in [-0.15, -0.1) is 5.10 Å². The van der Waals surface area contributed by atoms with Crippen molar-refractivity contribution in [2.75, 3.05) is 31.1 Å². The van der Waals surface area contributed by atoms with E-state index < -0.39 is 0 Å². The number of aromatic amines is 1. The number of H-pyrrole nitrogens is 1. The van der Waals surface area contributed by atoms with Gasteiger partial charge in [0.05, 0.1) is 6.54 Å². The lowest BCUT2D eigenvalue weighted by atomic mass is 10.2. The maximum absolute atomic E-state index is 5.39. The number of nitrogens with zero attached hydrogens (tertiary/aromatic N) is 6. The first-order valence-electron chi connectivity index (χ1n) is 8.02. The molecule has 1 N–H and O–H groups in total. The van der Waals surface area contributed by atoms with Gasteiger partial charge in [0.2, 0.25) is 17.7 Å². The highest BCUT2D eigenvalue weighted by molar-refractivity contribution is 5.53. The summed E-state index contributed by atoms with van der Waals surface area (Å²) in [6, 6.07) is 9.86. The number of piperazine rings is 1. The number of aryl methyl sites for hydroxylation is 1. The van der Waals surface area contributed by atoms with Gasteiger partial charge in [0.25, 0.3) is 0 Å². The molecule has 0 bridgehead atoms. The van der Waals surface area contributed by atoms with E-state index in [9.17, 15) is 0 Å². The summed E-state index contributed by atoms with van der Waals surface area (Å²) in [6.45, 7) is 6.18. The van der Waals surface area contributed by atoms with E-state index in [1.807, 2.05) is 37.3 Å². The molecule has 0 aliphatic carbocycles. The molecule has 4 rings (SSSR count). The topological polar surface area (TPSA) is 87.0 Å². The Balaban J connectivity index is 1.35. The maximum atomic E-state index is 5.39. The highest BCUT2D eigenvalue weighted by atomic mass is 16.5. The van der Waals surface area contributed by atoms with Crippen LogP contribution in [0.2, 0.25) is 0 Å². The number of hydrogen-bond acceptors (Lipinski definition) is 7. The molecule has 3 aromatic rings. The van der Waals surface area contributed by atoms with Gasteiger partial charge in [-0.3, -0.25) is 10.00 Å². The van der Waals surface area contributed by atoms with E-state index in [2.05, 4.69) is 35.1 Å². The molecule has 2 aromatic heterocycles. The second kappa shape index (κ2) is 6.40. The zero-order valence-corrected chi connectivity index (χ0v) is 13.5. The predicted molar refractivity (Wildman–Crippen MR) is 88.3 cm³/mol. The van der Waals surface area contributed by atoms with Crippen LogP contribution < -0.4 is 4.90 Å². The van der Waals surface area contributed by atoms with Gasteiger partial charge in [0.1, 0.15) is 5.82 Å². The van der Waals surface area contributed by atoms with Crippen molar-refractivity contribution in [1.82, 2.24) is 30.2 Å².